The molecule has 1 saturated heterocycles. The normalized spacial score (nSPS) is 17.1. The maximum absolute atomic E-state index is 11.6. The third-order valence-corrected chi connectivity index (χ3v) is 4.87. The van der Waals surface area contributed by atoms with Gasteiger partial charge in [0, 0.05) is 19.3 Å². The number of anilines is 1. The maximum Gasteiger partial charge on any atom is 0.306 e. The Hall–Kier alpha value is -1.67. The number of carboxylic acids is 1. The number of nitrogens with one attached hydrogen (secondary N) is 1. The number of carboxylic acid groups (broad SMARTS) is 1. The first-order valence-electron chi connectivity index (χ1n) is 6.31. The molecular weight excluding hydrogens is 282 g/mol. The van der Waals surface area contributed by atoms with Gasteiger partial charge in [-0.15, -0.1) is 0 Å². The average Bonchev–Trinajstić information content (AvgIpc) is 2.47. The largest absolute Gasteiger partial charge is 0.481 e. The second kappa shape index (κ2) is 5.76. The number of hydrogen-bond acceptors (Lipinski definition) is 5. The summed E-state index contributed by atoms with van der Waals surface area (Å²) in [5, 5.41) is 8.94. The van der Waals surface area contributed by atoms with Crippen LogP contribution in [0.3, 0.4) is 0 Å². The second-order valence-corrected chi connectivity index (χ2v) is 6.55. The lowest BCUT2D eigenvalue weighted by Gasteiger charge is -2.30. The first-order valence-corrected chi connectivity index (χ1v) is 7.79. The van der Waals surface area contributed by atoms with Gasteiger partial charge in [0.2, 0.25) is 10.0 Å². The van der Waals surface area contributed by atoms with E-state index >= 15 is 0 Å². The molecule has 110 valence electrons. The zero-order valence-electron chi connectivity index (χ0n) is 11.1. The molecule has 1 aliphatic rings. The van der Waals surface area contributed by atoms with Gasteiger partial charge in [0.05, 0.1) is 5.92 Å². The zero-order valence-corrected chi connectivity index (χ0v) is 11.9. The van der Waals surface area contributed by atoms with E-state index < -0.39 is 16.0 Å². The van der Waals surface area contributed by atoms with E-state index in [-0.39, 0.29) is 10.8 Å². The van der Waals surface area contributed by atoms with Crippen molar-refractivity contribution in [1.29, 1.82) is 0 Å². The Morgan fingerprint density at radius 2 is 2.05 bits per heavy atom. The highest BCUT2D eigenvalue weighted by Gasteiger charge is 2.25. The first-order chi connectivity index (χ1) is 9.44. The summed E-state index contributed by atoms with van der Waals surface area (Å²) in [4.78, 5) is 17.1. The molecule has 0 amide bonds. The van der Waals surface area contributed by atoms with E-state index in [0.717, 1.165) is 0 Å². The molecule has 0 unspecified atom stereocenters. The van der Waals surface area contributed by atoms with Crippen molar-refractivity contribution in [3.8, 4) is 0 Å². The van der Waals surface area contributed by atoms with Crippen LogP contribution in [0.2, 0.25) is 0 Å². The second-order valence-electron chi connectivity index (χ2n) is 4.66. The van der Waals surface area contributed by atoms with Crippen LogP contribution in [0.5, 0.6) is 0 Å². The Balaban J connectivity index is 2.07. The van der Waals surface area contributed by atoms with Gasteiger partial charge < -0.3 is 10.0 Å². The number of carbonyl (C=O) groups is 1. The summed E-state index contributed by atoms with van der Waals surface area (Å²) in [7, 11) is -2.13. The van der Waals surface area contributed by atoms with E-state index in [9.17, 15) is 13.2 Å². The molecular formula is C12H17N3O4S. The number of sulfonamides is 1. The van der Waals surface area contributed by atoms with Gasteiger partial charge in [-0.25, -0.2) is 18.1 Å². The molecule has 8 heteroatoms. The van der Waals surface area contributed by atoms with Gasteiger partial charge in [0.1, 0.15) is 10.7 Å². The van der Waals surface area contributed by atoms with E-state index in [1.54, 1.807) is 6.07 Å². The summed E-state index contributed by atoms with van der Waals surface area (Å²) < 4.78 is 25.4. The minimum absolute atomic E-state index is 0.115. The van der Waals surface area contributed by atoms with Gasteiger partial charge in [0.15, 0.2) is 0 Å². The highest BCUT2D eigenvalue weighted by molar-refractivity contribution is 7.89. The minimum Gasteiger partial charge on any atom is -0.481 e. The predicted octanol–water partition coefficient (Wildman–Crippen LogP) is 0.291. The van der Waals surface area contributed by atoms with E-state index in [4.69, 9.17) is 5.11 Å². The molecule has 20 heavy (non-hydrogen) atoms. The highest BCUT2D eigenvalue weighted by atomic mass is 32.2. The summed E-state index contributed by atoms with van der Waals surface area (Å²) in [5.74, 6) is -0.382. The SMILES string of the molecule is CNS(=O)(=O)c1ccc(N2CCC(C(=O)O)CC2)nc1. The molecule has 0 radical (unpaired) electrons. The van der Waals surface area contributed by atoms with Crippen molar-refractivity contribution >= 4 is 21.8 Å². The summed E-state index contributed by atoms with van der Waals surface area (Å²) in [5.41, 5.74) is 0. The Morgan fingerprint density at radius 1 is 1.40 bits per heavy atom. The Morgan fingerprint density at radius 3 is 2.50 bits per heavy atom. The molecule has 0 atom stereocenters. The van der Waals surface area contributed by atoms with Crippen molar-refractivity contribution in [3.63, 3.8) is 0 Å². The molecule has 0 aromatic carbocycles. The quantitative estimate of drug-likeness (QED) is 0.829. The lowest BCUT2D eigenvalue weighted by Crippen LogP contribution is -2.36. The van der Waals surface area contributed by atoms with Crippen molar-refractivity contribution in [1.82, 2.24) is 9.71 Å². The van der Waals surface area contributed by atoms with E-state index in [1.807, 2.05) is 4.90 Å². The van der Waals surface area contributed by atoms with Gasteiger partial charge in [-0.05, 0) is 32.0 Å². The fourth-order valence-corrected chi connectivity index (χ4v) is 2.87. The van der Waals surface area contributed by atoms with Gasteiger partial charge in [-0.2, -0.15) is 0 Å². The van der Waals surface area contributed by atoms with Crippen molar-refractivity contribution in [3.05, 3.63) is 18.3 Å². The minimum atomic E-state index is -3.47. The lowest BCUT2D eigenvalue weighted by atomic mass is 9.97. The molecule has 7 nitrogen and oxygen atoms in total. The number of piperidine rings is 1. The molecule has 0 saturated carbocycles. The fraction of sp³-hybridized carbons (Fsp3) is 0.500. The van der Waals surface area contributed by atoms with Crippen LogP contribution in [-0.4, -0.2) is 44.6 Å². The van der Waals surface area contributed by atoms with E-state index in [0.29, 0.717) is 31.7 Å². The van der Waals surface area contributed by atoms with Gasteiger partial charge >= 0.3 is 5.97 Å². The predicted molar refractivity (Wildman–Crippen MR) is 73.1 cm³/mol. The van der Waals surface area contributed by atoms with Gasteiger partial charge in [-0.3, -0.25) is 4.79 Å². The lowest BCUT2D eigenvalue weighted by molar-refractivity contribution is -0.142. The van der Waals surface area contributed by atoms with Crippen LogP contribution < -0.4 is 9.62 Å². The van der Waals surface area contributed by atoms with Crippen LogP contribution in [0, 0.1) is 5.92 Å². The Bertz CT molecular complexity index is 577. The molecule has 0 aliphatic carbocycles. The average molecular weight is 299 g/mol. The number of hydrogen-bond donors (Lipinski definition) is 2. The molecule has 1 aromatic rings. The first kappa shape index (κ1) is 14.7. The molecule has 1 aromatic heterocycles. The number of pyridine rings is 1. The monoisotopic (exact) mass is 299 g/mol. The maximum atomic E-state index is 11.6. The summed E-state index contributed by atoms with van der Waals surface area (Å²) in [6.07, 6.45) is 2.46. The van der Waals surface area contributed by atoms with Gasteiger partial charge in [-0.1, -0.05) is 0 Å². The molecule has 2 N–H and O–H groups in total. The van der Waals surface area contributed by atoms with Crippen molar-refractivity contribution in [2.45, 2.75) is 17.7 Å². The number of aromatic nitrogens is 1. The topological polar surface area (TPSA) is 99.6 Å². The van der Waals surface area contributed by atoms with Gasteiger partial charge in [0.25, 0.3) is 0 Å². The Labute approximate surface area is 117 Å². The molecule has 0 spiro atoms. The van der Waals surface area contributed by atoms with Crippen LogP contribution in [0.4, 0.5) is 5.82 Å². The van der Waals surface area contributed by atoms with Crippen molar-refractivity contribution in [2.24, 2.45) is 5.92 Å². The molecule has 0 bridgehead atoms. The van der Waals surface area contributed by atoms with Crippen molar-refractivity contribution in [2.75, 3.05) is 25.0 Å². The van der Waals surface area contributed by atoms with Crippen LogP contribution in [0.1, 0.15) is 12.8 Å². The fourth-order valence-electron chi connectivity index (χ4n) is 2.19. The van der Waals surface area contributed by atoms with Crippen molar-refractivity contribution < 1.29 is 18.3 Å². The third-order valence-electron chi connectivity index (χ3n) is 3.47. The molecule has 2 heterocycles. The molecule has 2 rings (SSSR count). The van der Waals surface area contributed by atoms with Crippen LogP contribution in [-0.2, 0) is 14.8 Å². The molecule has 1 fully saturated rings. The smallest absolute Gasteiger partial charge is 0.306 e. The van der Waals surface area contributed by atoms with E-state index in [2.05, 4.69) is 9.71 Å². The molecule has 1 aliphatic heterocycles. The summed E-state index contributed by atoms with van der Waals surface area (Å²) in [6, 6.07) is 3.14. The van der Waals surface area contributed by atoms with Crippen LogP contribution in [0.25, 0.3) is 0 Å². The standard InChI is InChI=1S/C12H17N3O4S/c1-13-20(18,19)10-2-3-11(14-8-10)15-6-4-9(5-7-15)12(16)17/h2-3,8-9,13H,4-7H2,1H3,(H,16,17). The van der Waals surface area contributed by atoms with E-state index in [1.165, 1.54) is 19.3 Å². The zero-order chi connectivity index (χ0) is 14.8. The summed E-state index contributed by atoms with van der Waals surface area (Å²) in [6.45, 7) is 1.23. The highest BCUT2D eigenvalue weighted by Crippen LogP contribution is 2.22. The number of rotatable bonds is 4. The Kier molecular flexibility index (Phi) is 4.24. The summed E-state index contributed by atoms with van der Waals surface area (Å²) >= 11 is 0. The third kappa shape index (κ3) is 3.07. The van der Waals surface area contributed by atoms with Crippen LogP contribution in [0.15, 0.2) is 23.2 Å². The number of nitrogens with zero attached hydrogens (tertiary/aromatic N) is 2. The van der Waals surface area contributed by atoms with Crippen LogP contribution >= 0.6 is 0 Å². The number of aliphatic carboxylic acids is 1.